The number of carbonyl (C=O) groups is 2. The highest BCUT2D eigenvalue weighted by Crippen LogP contribution is 2.46. The van der Waals surface area contributed by atoms with Gasteiger partial charge in [0.2, 0.25) is 0 Å². The maximum atomic E-state index is 11.4. The molecule has 0 bridgehead atoms. The van der Waals surface area contributed by atoms with Gasteiger partial charge in [-0.25, -0.2) is 9.59 Å². The molecular formula is C32H24Cl6N2O4. The van der Waals surface area contributed by atoms with E-state index in [1.165, 1.54) is 0 Å². The smallest absolute Gasteiger partial charge is 0.326 e. The summed E-state index contributed by atoms with van der Waals surface area (Å²) in [6.07, 6.45) is 0.801. The first-order chi connectivity index (χ1) is 20.9. The lowest BCUT2D eigenvalue weighted by Crippen LogP contribution is -2.35. The Morgan fingerprint density at radius 3 is 1.50 bits per heavy atom. The van der Waals surface area contributed by atoms with E-state index in [1.54, 1.807) is 42.5 Å². The predicted octanol–water partition coefficient (Wildman–Crippen LogP) is 10.1. The van der Waals surface area contributed by atoms with Crippen molar-refractivity contribution in [1.82, 2.24) is 0 Å². The third-order valence-corrected chi connectivity index (χ3v) is 9.16. The van der Waals surface area contributed by atoms with Crippen LogP contribution in [-0.2, 0) is 9.59 Å². The molecule has 44 heavy (non-hydrogen) atoms. The van der Waals surface area contributed by atoms with Crippen LogP contribution in [0.25, 0.3) is 0 Å². The first kappa shape index (κ1) is 32.6. The van der Waals surface area contributed by atoms with Gasteiger partial charge in [-0.1, -0.05) is 93.9 Å². The molecule has 12 heteroatoms. The van der Waals surface area contributed by atoms with Crippen molar-refractivity contribution in [2.45, 2.75) is 36.8 Å². The monoisotopic (exact) mass is 710 g/mol. The predicted molar refractivity (Wildman–Crippen MR) is 179 cm³/mol. The molecule has 0 saturated carbocycles. The minimum atomic E-state index is -0.909. The van der Waals surface area contributed by atoms with Crippen molar-refractivity contribution >= 4 is 92.9 Å². The van der Waals surface area contributed by atoms with E-state index in [-0.39, 0.29) is 11.8 Å². The highest BCUT2D eigenvalue weighted by molar-refractivity contribution is 6.36. The molecular weight excluding hydrogens is 689 g/mol. The van der Waals surface area contributed by atoms with E-state index < -0.39 is 24.0 Å². The van der Waals surface area contributed by atoms with E-state index in [9.17, 15) is 19.8 Å². The van der Waals surface area contributed by atoms with Crippen LogP contribution in [-0.4, -0.2) is 34.2 Å². The number of benzene rings is 4. The van der Waals surface area contributed by atoms with Crippen molar-refractivity contribution in [3.05, 3.63) is 125 Å². The molecule has 2 heterocycles. The average molecular weight is 713 g/mol. The molecule has 6 nitrogen and oxygen atoms in total. The van der Waals surface area contributed by atoms with Crippen molar-refractivity contribution in [2.75, 3.05) is 10.6 Å². The lowest BCUT2D eigenvalue weighted by molar-refractivity contribution is -0.139. The fourth-order valence-electron chi connectivity index (χ4n) is 5.67. The summed E-state index contributed by atoms with van der Waals surface area (Å²) in [6.45, 7) is 0. The van der Waals surface area contributed by atoms with E-state index in [4.69, 9.17) is 69.6 Å². The molecule has 228 valence electrons. The van der Waals surface area contributed by atoms with Crippen LogP contribution in [0.4, 0.5) is 11.4 Å². The highest BCUT2D eigenvalue weighted by atomic mass is 35.5. The molecule has 6 rings (SSSR count). The third kappa shape index (κ3) is 7.17. The number of aliphatic carboxylic acids is 2. The molecule has 0 aromatic heterocycles. The summed E-state index contributed by atoms with van der Waals surface area (Å²) >= 11 is 36.8. The second-order valence-electron chi connectivity index (χ2n) is 10.5. The zero-order chi connectivity index (χ0) is 31.7. The molecule has 0 aliphatic carbocycles. The van der Waals surface area contributed by atoms with Crippen molar-refractivity contribution < 1.29 is 19.8 Å². The quantitative estimate of drug-likeness (QED) is 0.168. The summed E-state index contributed by atoms with van der Waals surface area (Å²) in [4.78, 5) is 22.8. The minimum Gasteiger partial charge on any atom is -0.480 e. The van der Waals surface area contributed by atoms with Crippen LogP contribution in [0.15, 0.2) is 72.8 Å². The number of halogens is 6. The lowest BCUT2D eigenvalue weighted by atomic mass is 9.82. The van der Waals surface area contributed by atoms with Gasteiger partial charge in [-0.05, 0) is 72.5 Å². The van der Waals surface area contributed by atoms with Crippen LogP contribution in [0.3, 0.4) is 0 Å². The molecule has 0 amide bonds. The van der Waals surface area contributed by atoms with E-state index >= 15 is 0 Å². The number of carboxylic acids is 2. The molecule has 4 atom stereocenters. The van der Waals surface area contributed by atoms with Gasteiger partial charge in [0.05, 0.1) is 0 Å². The molecule has 0 fully saturated rings. The Bertz CT molecular complexity index is 1730. The largest absolute Gasteiger partial charge is 0.480 e. The van der Waals surface area contributed by atoms with E-state index in [1.807, 2.05) is 30.3 Å². The number of fused-ring (bicyclic) bond motifs is 2. The maximum absolute atomic E-state index is 11.4. The molecule has 0 radical (unpaired) electrons. The normalized spacial score (nSPS) is 20.1. The maximum Gasteiger partial charge on any atom is 0.326 e. The summed E-state index contributed by atoms with van der Waals surface area (Å²) in [5, 5.41) is 27.9. The molecule has 4 N–H and O–H groups in total. The van der Waals surface area contributed by atoms with Gasteiger partial charge in [0.1, 0.15) is 12.1 Å². The highest BCUT2D eigenvalue weighted by Gasteiger charge is 2.34. The Morgan fingerprint density at radius 2 is 1.05 bits per heavy atom. The van der Waals surface area contributed by atoms with Gasteiger partial charge < -0.3 is 20.8 Å². The number of carboxylic acid groups (broad SMARTS) is 2. The Kier molecular flexibility index (Phi) is 10.1. The molecule has 0 spiro atoms. The topological polar surface area (TPSA) is 98.7 Å². The van der Waals surface area contributed by atoms with Crippen molar-refractivity contribution in [3.8, 4) is 0 Å². The Balaban J connectivity index is 0.000000175. The van der Waals surface area contributed by atoms with Crippen LogP contribution >= 0.6 is 69.6 Å². The van der Waals surface area contributed by atoms with Crippen LogP contribution < -0.4 is 10.6 Å². The molecule has 4 unspecified atom stereocenters. The third-order valence-electron chi connectivity index (χ3n) is 7.61. The number of hydrogen-bond donors (Lipinski definition) is 4. The van der Waals surface area contributed by atoms with Crippen LogP contribution in [0.2, 0.25) is 30.1 Å². The summed E-state index contributed by atoms with van der Waals surface area (Å²) < 4.78 is 0. The summed E-state index contributed by atoms with van der Waals surface area (Å²) in [5.74, 6) is -2.09. The van der Waals surface area contributed by atoms with Gasteiger partial charge in [-0.15, -0.1) is 0 Å². The first-order valence-electron chi connectivity index (χ1n) is 13.4. The zero-order valence-electron chi connectivity index (χ0n) is 22.6. The second-order valence-corrected chi connectivity index (χ2v) is 13.0. The molecule has 2 aliphatic heterocycles. The Morgan fingerprint density at radius 1 is 0.568 bits per heavy atom. The number of rotatable bonds is 4. The SMILES string of the molecule is O=C(O)C1CC(c2ccc(Cl)cc2)c2c(Cl)cc(Cl)cc2N1.O=C(O)C1CC(c2cccc(Cl)c2)c2c(Cl)cc(Cl)cc2N1. The van der Waals surface area contributed by atoms with Crippen LogP contribution in [0.5, 0.6) is 0 Å². The van der Waals surface area contributed by atoms with Crippen LogP contribution in [0, 0.1) is 0 Å². The molecule has 4 aromatic carbocycles. The van der Waals surface area contributed by atoms with Gasteiger partial charge in [-0.3, -0.25) is 0 Å². The molecule has 0 saturated heterocycles. The Labute approximate surface area is 283 Å². The van der Waals surface area contributed by atoms with Gasteiger partial charge in [0, 0.05) is 64.5 Å². The first-order valence-corrected chi connectivity index (χ1v) is 15.7. The van der Waals surface area contributed by atoms with Gasteiger partial charge >= 0.3 is 11.9 Å². The molecule has 4 aromatic rings. The molecule has 2 aliphatic rings. The average Bonchev–Trinajstić information content (AvgIpc) is 2.96. The van der Waals surface area contributed by atoms with Crippen molar-refractivity contribution in [2.24, 2.45) is 0 Å². The van der Waals surface area contributed by atoms with Gasteiger partial charge in [-0.2, -0.15) is 0 Å². The van der Waals surface area contributed by atoms with Gasteiger partial charge in [0.25, 0.3) is 0 Å². The van der Waals surface area contributed by atoms with E-state index in [0.717, 1.165) is 22.3 Å². The second kappa shape index (κ2) is 13.7. The fraction of sp³-hybridized carbons (Fsp3) is 0.188. The van der Waals surface area contributed by atoms with E-state index in [2.05, 4.69) is 10.6 Å². The number of anilines is 2. The number of hydrogen-bond acceptors (Lipinski definition) is 4. The Hall–Kier alpha value is -2.84. The zero-order valence-corrected chi connectivity index (χ0v) is 27.2. The summed E-state index contributed by atoms with van der Waals surface area (Å²) in [6, 6.07) is 20.1. The van der Waals surface area contributed by atoms with Crippen molar-refractivity contribution in [1.29, 1.82) is 0 Å². The summed E-state index contributed by atoms with van der Waals surface area (Å²) in [5.41, 5.74) is 4.95. The number of nitrogens with one attached hydrogen (secondary N) is 2. The van der Waals surface area contributed by atoms with Crippen molar-refractivity contribution in [3.63, 3.8) is 0 Å². The van der Waals surface area contributed by atoms with E-state index in [0.29, 0.717) is 54.4 Å². The standard InChI is InChI=1S/2C16H12Cl3NO2/c17-9-3-1-8(2-4-9)11-7-14(16(21)22)20-13-6-10(18)5-12(19)15(11)13;17-9-3-1-2-8(4-9)11-7-14(16(21)22)20-13-6-10(18)5-12(19)15(11)13/h2*1-6,11,14,20H,7H2,(H,21,22). The summed E-state index contributed by atoms with van der Waals surface area (Å²) in [7, 11) is 0. The fourth-order valence-corrected chi connectivity index (χ4v) is 7.24. The van der Waals surface area contributed by atoms with Gasteiger partial charge in [0.15, 0.2) is 0 Å². The minimum absolute atomic E-state index is 0.126. The van der Waals surface area contributed by atoms with Crippen LogP contribution in [0.1, 0.15) is 46.9 Å². The lowest BCUT2D eigenvalue weighted by Gasteiger charge is -2.32.